The van der Waals surface area contributed by atoms with Crippen LogP contribution in [0.3, 0.4) is 0 Å². The molecule has 0 saturated heterocycles. The van der Waals surface area contributed by atoms with Gasteiger partial charge in [-0.05, 0) is 36.8 Å². The molecule has 2 heterocycles. The summed E-state index contributed by atoms with van der Waals surface area (Å²) in [5, 5.41) is 1.24. The van der Waals surface area contributed by atoms with Crippen LogP contribution in [0.5, 0.6) is 0 Å². The molecule has 2 aliphatic carbocycles. The molecule has 2 bridgehead atoms. The van der Waals surface area contributed by atoms with Crippen LogP contribution in [0.2, 0.25) is 0 Å². The summed E-state index contributed by atoms with van der Waals surface area (Å²) >= 11 is 0. The summed E-state index contributed by atoms with van der Waals surface area (Å²) in [4.78, 5) is 30.1. The third kappa shape index (κ3) is 2.35. The summed E-state index contributed by atoms with van der Waals surface area (Å²) in [6, 6.07) is 8.32. The van der Waals surface area contributed by atoms with Gasteiger partial charge in [-0.25, -0.2) is 0 Å². The van der Waals surface area contributed by atoms with E-state index < -0.39 is 0 Å². The molecule has 3 atom stereocenters. The summed E-state index contributed by atoms with van der Waals surface area (Å²) in [6.45, 7) is 1.42. The van der Waals surface area contributed by atoms with Crippen molar-refractivity contribution in [2.45, 2.75) is 25.7 Å². The smallest absolute Gasteiger partial charge is 0.226 e. The summed E-state index contributed by atoms with van der Waals surface area (Å²) in [5.41, 5.74) is 3.71. The Morgan fingerprint density at radius 3 is 2.84 bits per heavy atom. The fourth-order valence-electron chi connectivity index (χ4n) is 5.06. The number of H-pyrrole nitrogens is 1. The third-order valence-electron chi connectivity index (χ3n) is 6.34. The molecule has 1 amide bonds. The number of benzene rings is 1. The van der Waals surface area contributed by atoms with Crippen molar-refractivity contribution in [2.75, 3.05) is 13.1 Å². The van der Waals surface area contributed by atoms with E-state index in [1.54, 1.807) is 0 Å². The highest BCUT2D eigenvalue weighted by molar-refractivity contribution is 5.94. The quantitative estimate of drug-likeness (QED) is 0.915. The van der Waals surface area contributed by atoms with Gasteiger partial charge in [-0.1, -0.05) is 24.3 Å². The molecular weight excluding hydrogens is 312 g/mol. The number of aromatic amines is 1. The molecule has 0 radical (unpaired) electrons. The highest BCUT2D eigenvalue weighted by Gasteiger charge is 2.49. The van der Waals surface area contributed by atoms with Gasteiger partial charge in [0, 0.05) is 54.0 Å². The minimum atomic E-state index is -0.0470. The van der Waals surface area contributed by atoms with Crippen molar-refractivity contribution in [3.63, 3.8) is 0 Å². The van der Waals surface area contributed by atoms with E-state index in [0.717, 1.165) is 31.3 Å². The van der Waals surface area contributed by atoms with Gasteiger partial charge in [0.1, 0.15) is 5.78 Å². The van der Waals surface area contributed by atoms with Gasteiger partial charge in [-0.15, -0.1) is 0 Å². The Morgan fingerprint density at radius 2 is 2.08 bits per heavy atom. The number of rotatable bonds is 2. The summed E-state index contributed by atoms with van der Waals surface area (Å²) in [6.07, 6.45) is 7.71. The Bertz CT molecular complexity index is 894. The van der Waals surface area contributed by atoms with Crippen LogP contribution in [0.25, 0.3) is 16.5 Å². The van der Waals surface area contributed by atoms with Gasteiger partial charge < -0.3 is 9.88 Å². The maximum absolute atomic E-state index is 12.9. The number of carbonyl (C=O) groups excluding carboxylic acids is 2. The lowest BCUT2D eigenvalue weighted by Crippen LogP contribution is -2.42. The lowest BCUT2D eigenvalue weighted by molar-refractivity contribution is -0.140. The number of carbonyl (C=O) groups is 2. The predicted molar refractivity (Wildman–Crippen MR) is 96.8 cm³/mol. The molecule has 1 N–H and O–H groups in total. The topological polar surface area (TPSA) is 53.2 Å². The number of ketones is 1. The monoisotopic (exact) mass is 334 g/mol. The maximum atomic E-state index is 12.9. The van der Waals surface area contributed by atoms with Gasteiger partial charge >= 0.3 is 0 Å². The number of amides is 1. The van der Waals surface area contributed by atoms with Gasteiger partial charge in [0.25, 0.3) is 0 Å². The summed E-state index contributed by atoms with van der Waals surface area (Å²) in [5.74, 6) is 0.954. The van der Waals surface area contributed by atoms with E-state index in [1.165, 1.54) is 16.5 Å². The highest BCUT2D eigenvalue weighted by Crippen LogP contribution is 2.47. The summed E-state index contributed by atoms with van der Waals surface area (Å²) in [7, 11) is 0. The lowest BCUT2D eigenvalue weighted by atomic mass is 9.86. The van der Waals surface area contributed by atoms with Gasteiger partial charge in [0.15, 0.2) is 0 Å². The van der Waals surface area contributed by atoms with Crippen molar-refractivity contribution >= 4 is 28.2 Å². The van der Waals surface area contributed by atoms with Crippen LogP contribution in [-0.4, -0.2) is 34.7 Å². The third-order valence-corrected chi connectivity index (χ3v) is 6.34. The van der Waals surface area contributed by atoms with E-state index in [1.807, 2.05) is 11.0 Å². The SMILES string of the molecule is O=C1C[C@@H]2CC(C(=O)N3CC=C(c4c[nH]c5ccccc45)CC3)[C@H]1C2. The number of hydrogen-bond acceptors (Lipinski definition) is 2. The normalized spacial score (nSPS) is 28.6. The molecule has 3 aliphatic rings. The zero-order valence-electron chi connectivity index (χ0n) is 14.2. The first-order valence-corrected chi connectivity index (χ1v) is 9.27. The lowest BCUT2D eigenvalue weighted by Gasteiger charge is -2.31. The molecule has 1 aliphatic heterocycles. The molecule has 2 saturated carbocycles. The van der Waals surface area contributed by atoms with Crippen LogP contribution in [0.15, 0.2) is 36.5 Å². The molecule has 1 aromatic carbocycles. The average Bonchev–Trinajstić information content (AvgIpc) is 3.34. The Morgan fingerprint density at radius 1 is 1.20 bits per heavy atom. The number of nitrogens with zero attached hydrogens (tertiary/aromatic N) is 1. The molecule has 2 aromatic rings. The first-order chi connectivity index (χ1) is 12.2. The van der Waals surface area contributed by atoms with Crippen molar-refractivity contribution < 1.29 is 9.59 Å². The van der Waals surface area contributed by atoms with Crippen LogP contribution >= 0.6 is 0 Å². The molecular formula is C21H22N2O2. The Labute approximate surface area is 146 Å². The molecule has 4 nitrogen and oxygen atoms in total. The number of nitrogens with one attached hydrogen (secondary N) is 1. The van der Waals surface area contributed by atoms with Crippen LogP contribution in [0.4, 0.5) is 0 Å². The second-order valence-electron chi connectivity index (χ2n) is 7.73. The fraction of sp³-hybridized carbons (Fsp3) is 0.429. The highest BCUT2D eigenvalue weighted by atomic mass is 16.2. The minimum absolute atomic E-state index is 0.0106. The van der Waals surface area contributed by atoms with Gasteiger partial charge in [-0.2, -0.15) is 0 Å². The maximum Gasteiger partial charge on any atom is 0.226 e. The molecule has 25 heavy (non-hydrogen) atoms. The summed E-state index contributed by atoms with van der Waals surface area (Å²) < 4.78 is 0. The first kappa shape index (κ1) is 14.9. The van der Waals surface area contributed by atoms with Crippen molar-refractivity contribution in [2.24, 2.45) is 17.8 Å². The Hall–Kier alpha value is -2.36. The minimum Gasteiger partial charge on any atom is -0.361 e. The van der Waals surface area contributed by atoms with Crippen molar-refractivity contribution in [1.29, 1.82) is 0 Å². The van der Waals surface area contributed by atoms with Crippen molar-refractivity contribution in [3.8, 4) is 0 Å². The average molecular weight is 334 g/mol. The van der Waals surface area contributed by atoms with E-state index in [-0.39, 0.29) is 17.7 Å². The second-order valence-corrected chi connectivity index (χ2v) is 7.73. The molecule has 5 rings (SSSR count). The number of hydrogen-bond donors (Lipinski definition) is 1. The molecule has 128 valence electrons. The van der Waals surface area contributed by atoms with E-state index >= 15 is 0 Å². The molecule has 1 unspecified atom stereocenters. The number of aromatic nitrogens is 1. The first-order valence-electron chi connectivity index (χ1n) is 9.27. The zero-order valence-corrected chi connectivity index (χ0v) is 14.2. The number of para-hydroxylation sites is 1. The zero-order chi connectivity index (χ0) is 17.0. The van der Waals surface area contributed by atoms with Gasteiger partial charge in [0.05, 0.1) is 0 Å². The standard InChI is InChI=1S/C21H22N2O2/c24-20-11-13-9-16(20)17(10-13)21(25)23-7-5-14(6-8-23)18-12-22-19-4-2-1-3-15(18)19/h1-5,12-13,16-17,22H,6-11H2/t13-,16+,17?/m0/s1. The molecule has 2 fully saturated rings. The van der Waals surface area contributed by atoms with Crippen LogP contribution < -0.4 is 0 Å². The van der Waals surface area contributed by atoms with Crippen LogP contribution in [0, 0.1) is 17.8 Å². The second kappa shape index (κ2) is 5.58. The Balaban J connectivity index is 1.34. The Kier molecular flexibility index (Phi) is 3.34. The predicted octanol–water partition coefficient (Wildman–Crippen LogP) is 3.40. The molecule has 4 heteroatoms. The van der Waals surface area contributed by atoms with Gasteiger partial charge in [-0.3, -0.25) is 9.59 Å². The van der Waals surface area contributed by atoms with E-state index in [2.05, 4.69) is 35.5 Å². The van der Waals surface area contributed by atoms with E-state index in [0.29, 0.717) is 24.7 Å². The largest absolute Gasteiger partial charge is 0.361 e. The van der Waals surface area contributed by atoms with E-state index in [4.69, 9.17) is 0 Å². The fourth-order valence-corrected chi connectivity index (χ4v) is 5.06. The molecule has 1 aromatic heterocycles. The number of Topliss-reactive ketones (excluding diaryl/α,β-unsaturated/α-hetero) is 1. The van der Waals surface area contributed by atoms with Crippen molar-refractivity contribution in [1.82, 2.24) is 9.88 Å². The number of fused-ring (bicyclic) bond motifs is 3. The van der Waals surface area contributed by atoms with E-state index in [9.17, 15) is 9.59 Å². The van der Waals surface area contributed by atoms with Crippen LogP contribution in [0.1, 0.15) is 31.2 Å². The van der Waals surface area contributed by atoms with Crippen LogP contribution in [-0.2, 0) is 9.59 Å². The molecule has 0 spiro atoms. The van der Waals surface area contributed by atoms with Crippen molar-refractivity contribution in [3.05, 3.63) is 42.1 Å². The van der Waals surface area contributed by atoms with Gasteiger partial charge in [0.2, 0.25) is 5.91 Å².